The molecule has 36 heavy (non-hydrogen) atoms. The number of carbonyl (C=O) groups excluding carboxylic acids is 1. The number of carbonyl (C=O) groups is 1. The summed E-state index contributed by atoms with van der Waals surface area (Å²) in [4.78, 5) is 25.6. The number of amides is 1. The third-order valence-corrected chi connectivity index (χ3v) is 7.42. The molecule has 4 heterocycles. The van der Waals surface area contributed by atoms with E-state index in [0.717, 1.165) is 36.6 Å². The van der Waals surface area contributed by atoms with Crippen molar-refractivity contribution in [3.05, 3.63) is 35.5 Å². The molecule has 3 aromatic rings. The Morgan fingerprint density at radius 2 is 1.94 bits per heavy atom. The van der Waals surface area contributed by atoms with Gasteiger partial charge in [-0.05, 0) is 44.3 Å². The highest BCUT2D eigenvalue weighted by molar-refractivity contribution is 8.14. The van der Waals surface area contributed by atoms with Crippen LogP contribution in [0.15, 0.2) is 18.3 Å². The summed E-state index contributed by atoms with van der Waals surface area (Å²) in [5, 5.41) is 3.08. The van der Waals surface area contributed by atoms with Gasteiger partial charge in [-0.2, -0.15) is 28.6 Å². The molecule has 0 saturated carbocycles. The molecule has 1 aliphatic heterocycles. The van der Waals surface area contributed by atoms with Crippen LogP contribution in [0.25, 0.3) is 11.2 Å². The van der Waals surface area contributed by atoms with E-state index in [-0.39, 0.29) is 39.5 Å². The SMILES string of the molecule is C=S1CCC(C)(NC(=O)c2nc3cc(C)c(Oc4ncc(F)cc4OCC(F)(F)F)nc3n2C)CC1. The third-order valence-electron chi connectivity index (χ3n) is 5.86. The van der Waals surface area contributed by atoms with Crippen molar-refractivity contribution in [3.63, 3.8) is 0 Å². The summed E-state index contributed by atoms with van der Waals surface area (Å²) in [7, 11) is 1.75. The Balaban J connectivity index is 1.61. The highest BCUT2D eigenvalue weighted by Crippen LogP contribution is 2.33. The summed E-state index contributed by atoms with van der Waals surface area (Å²) in [5.74, 6) is 4.03. The van der Waals surface area contributed by atoms with Crippen molar-refractivity contribution >= 4 is 33.4 Å². The summed E-state index contributed by atoms with van der Waals surface area (Å²) in [6.07, 6.45) is -2.19. The fourth-order valence-electron chi connectivity index (χ4n) is 3.76. The highest BCUT2D eigenvalue weighted by Gasteiger charge is 2.32. The number of imidazole rings is 1. The van der Waals surface area contributed by atoms with Crippen LogP contribution in [0.3, 0.4) is 0 Å². The Morgan fingerprint density at radius 3 is 2.61 bits per heavy atom. The maximum absolute atomic E-state index is 13.6. The highest BCUT2D eigenvalue weighted by atomic mass is 32.2. The molecule has 0 aliphatic carbocycles. The number of nitrogens with zero attached hydrogens (tertiary/aromatic N) is 4. The topological polar surface area (TPSA) is 91.2 Å². The van der Waals surface area contributed by atoms with Crippen molar-refractivity contribution in [2.75, 3.05) is 18.1 Å². The number of fused-ring (bicyclic) bond motifs is 1. The number of pyridine rings is 2. The van der Waals surface area contributed by atoms with E-state index < -0.39 is 24.3 Å². The molecule has 4 rings (SSSR count). The summed E-state index contributed by atoms with van der Waals surface area (Å²) in [6, 6.07) is 2.38. The van der Waals surface area contributed by atoms with Gasteiger partial charge in [-0.3, -0.25) is 4.79 Å². The van der Waals surface area contributed by atoms with Crippen molar-refractivity contribution < 1.29 is 31.8 Å². The molecule has 1 amide bonds. The lowest BCUT2D eigenvalue weighted by atomic mass is 9.95. The number of aryl methyl sites for hydroxylation is 2. The predicted octanol–water partition coefficient (Wildman–Crippen LogP) is 4.53. The molecular weight excluding hydrogens is 502 g/mol. The Bertz CT molecular complexity index is 1330. The van der Waals surface area contributed by atoms with E-state index in [1.165, 1.54) is 4.57 Å². The van der Waals surface area contributed by atoms with Gasteiger partial charge in [-0.1, -0.05) is 5.87 Å². The van der Waals surface area contributed by atoms with Crippen LogP contribution in [0.4, 0.5) is 17.6 Å². The Morgan fingerprint density at radius 1 is 1.25 bits per heavy atom. The molecule has 0 unspecified atom stereocenters. The van der Waals surface area contributed by atoms with E-state index in [1.54, 1.807) is 20.0 Å². The molecular formula is C23H25F4N5O3S. The second-order valence-electron chi connectivity index (χ2n) is 8.95. The first-order chi connectivity index (χ1) is 16.8. The minimum absolute atomic E-state index is 0.00449. The second-order valence-corrected chi connectivity index (χ2v) is 11.0. The Hall–Kier alpha value is -3.22. The van der Waals surface area contributed by atoms with Crippen molar-refractivity contribution in [2.45, 2.75) is 38.4 Å². The van der Waals surface area contributed by atoms with Gasteiger partial charge in [0.1, 0.15) is 11.3 Å². The molecule has 3 aromatic heterocycles. The molecule has 1 aliphatic rings. The first-order valence-electron chi connectivity index (χ1n) is 11.0. The van der Waals surface area contributed by atoms with Gasteiger partial charge in [0, 0.05) is 24.2 Å². The Labute approximate surface area is 207 Å². The number of rotatable bonds is 6. The van der Waals surface area contributed by atoms with Crippen LogP contribution < -0.4 is 14.8 Å². The second kappa shape index (κ2) is 9.68. The fraction of sp³-hybridized carbons (Fsp3) is 0.435. The standard InChI is InChI=1S/C23H25F4N5O3S/c1-13-9-15-17(32(3)18(29-15)19(33)31-22(2)5-7-36(4)8-6-22)30-20(13)35-21-16(10-14(24)11-28-21)34-12-23(25,26)27/h9-11H,4-8,12H2,1-3H3,(H,31,33). The lowest BCUT2D eigenvalue weighted by molar-refractivity contribution is -0.153. The maximum atomic E-state index is 13.6. The Kier molecular flexibility index (Phi) is 6.95. The average Bonchev–Trinajstić information content (AvgIpc) is 3.11. The van der Waals surface area contributed by atoms with Gasteiger partial charge >= 0.3 is 6.18 Å². The third kappa shape index (κ3) is 5.77. The van der Waals surface area contributed by atoms with Crippen LogP contribution >= 0.6 is 10.5 Å². The van der Waals surface area contributed by atoms with Crippen LogP contribution in [0.2, 0.25) is 0 Å². The van der Waals surface area contributed by atoms with E-state index in [1.807, 2.05) is 6.92 Å². The molecule has 0 spiro atoms. The van der Waals surface area contributed by atoms with Gasteiger partial charge < -0.3 is 19.4 Å². The quantitative estimate of drug-likeness (QED) is 0.374. The molecule has 8 nitrogen and oxygen atoms in total. The lowest BCUT2D eigenvalue weighted by Crippen LogP contribution is -2.49. The molecule has 1 saturated heterocycles. The molecule has 0 bridgehead atoms. The molecule has 13 heteroatoms. The van der Waals surface area contributed by atoms with Gasteiger partial charge in [0.15, 0.2) is 18.0 Å². The van der Waals surface area contributed by atoms with Crippen LogP contribution in [0.1, 0.15) is 35.9 Å². The zero-order valence-corrected chi connectivity index (χ0v) is 20.7. The number of hydrogen-bond acceptors (Lipinski definition) is 6. The van der Waals surface area contributed by atoms with Crippen LogP contribution in [-0.4, -0.2) is 61.1 Å². The minimum atomic E-state index is -4.63. The summed E-state index contributed by atoms with van der Waals surface area (Å²) in [5.41, 5.74) is 0.867. The van der Waals surface area contributed by atoms with Crippen LogP contribution in [0.5, 0.6) is 17.5 Å². The van der Waals surface area contributed by atoms with Crippen molar-refractivity contribution in [3.8, 4) is 17.5 Å². The monoisotopic (exact) mass is 527 g/mol. The molecule has 1 fully saturated rings. The zero-order chi connectivity index (χ0) is 26.3. The number of aromatic nitrogens is 4. The number of alkyl halides is 3. The van der Waals surface area contributed by atoms with Gasteiger partial charge in [-0.25, -0.2) is 14.4 Å². The number of halogens is 4. The van der Waals surface area contributed by atoms with Gasteiger partial charge in [0.25, 0.3) is 11.8 Å². The number of ether oxygens (including phenoxy) is 2. The fourth-order valence-corrected chi connectivity index (χ4v) is 5.44. The van der Waals surface area contributed by atoms with Crippen LogP contribution in [-0.2, 0) is 7.05 Å². The average molecular weight is 528 g/mol. The summed E-state index contributed by atoms with van der Waals surface area (Å²) < 4.78 is 63.2. The minimum Gasteiger partial charge on any atom is -0.478 e. The first kappa shape index (κ1) is 25.9. The van der Waals surface area contributed by atoms with Crippen molar-refractivity contribution in [1.82, 2.24) is 24.8 Å². The zero-order valence-electron chi connectivity index (χ0n) is 19.9. The molecule has 0 atom stereocenters. The van der Waals surface area contributed by atoms with E-state index in [9.17, 15) is 22.4 Å². The molecule has 0 aromatic carbocycles. The number of hydrogen-bond donors (Lipinski definition) is 1. The number of nitrogens with one attached hydrogen (secondary N) is 1. The maximum Gasteiger partial charge on any atom is 0.422 e. The first-order valence-corrected chi connectivity index (χ1v) is 12.7. The summed E-state index contributed by atoms with van der Waals surface area (Å²) in [6.45, 7) is 2.01. The van der Waals surface area contributed by atoms with Crippen molar-refractivity contribution in [1.29, 1.82) is 0 Å². The van der Waals surface area contributed by atoms with Gasteiger partial charge in [0.2, 0.25) is 11.7 Å². The van der Waals surface area contributed by atoms with Gasteiger partial charge in [-0.15, -0.1) is 0 Å². The van der Waals surface area contributed by atoms with E-state index in [4.69, 9.17) is 4.74 Å². The van der Waals surface area contributed by atoms with E-state index in [0.29, 0.717) is 16.7 Å². The van der Waals surface area contributed by atoms with Crippen LogP contribution in [0, 0.1) is 12.7 Å². The van der Waals surface area contributed by atoms with E-state index in [2.05, 4.69) is 30.9 Å². The van der Waals surface area contributed by atoms with E-state index >= 15 is 0 Å². The molecule has 0 radical (unpaired) electrons. The normalized spacial score (nSPS) is 20.4. The predicted molar refractivity (Wildman–Crippen MR) is 129 cm³/mol. The summed E-state index contributed by atoms with van der Waals surface area (Å²) >= 11 is 0. The molecule has 1 N–H and O–H groups in total. The smallest absolute Gasteiger partial charge is 0.422 e. The van der Waals surface area contributed by atoms with Gasteiger partial charge in [0.05, 0.1) is 6.20 Å². The largest absolute Gasteiger partial charge is 0.478 e. The molecule has 194 valence electrons. The lowest BCUT2D eigenvalue weighted by Gasteiger charge is -2.35. The van der Waals surface area contributed by atoms with Crippen molar-refractivity contribution in [2.24, 2.45) is 7.05 Å².